The summed E-state index contributed by atoms with van der Waals surface area (Å²) in [6, 6.07) is 40.6. The normalized spacial score (nSPS) is 16.0. The molecule has 7 rings (SSSR count). The molecule has 0 spiro atoms. The van der Waals surface area contributed by atoms with Crippen LogP contribution < -0.4 is 15.1 Å². The molecule has 0 N–H and O–H groups in total. The first-order chi connectivity index (χ1) is 17.6. The summed E-state index contributed by atoms with van der Waals surface area (Å²) in [4.78, 5) is 0. The number of hydrogen-bond donors (Lipinski definition) is 0. The van der Waals surface area contributed by atoms with Crippen LogP contribution in [0.15, 0.2) is 127 Å². The van der Waals surface area contributed by atoms with E-state index in [-0.39, 0.29) is 0 Å². The highest BCUT2D eigenvalue weighted by molar-refractivity contribution is 7.75. The number of hydrogen-bond acceptors (Lipinski definition) is 2. The molecule has 1 atom stereocenters. The third-order valence-corrected chi connectivity index (χ3v) is 9.95. The van der Waals surface area contributed by atoms with Crippen LogP contribution in [0.2, 0.25) is 0 Å². The fraction of sp³-hybridized carbons (Fsp3) is 0.0312. The predicted octanol–water partition coefficient (Wildman–Crippen LogP) is 8.86. The molecular formula is C32H24O2P2. The van der Waals surface area contributed by atoms with Crippen molar-refractivity contribution in [1.82, 2.24) is 0 Å². The molecule has 0 saturated carbocycles. The average Bonchev–Trinajstić information content (AvgIpc) is 2.94. The Balaban J connectivity index is 0.000000147. The largest absolute Gasteiger partial charge is 0.436 e. The summed E-state index contributed by atoms with van der Waals surface area (Å²) < 4.78 is 19.7. The van der Waals surface area contributed by atoms with E-state index in [1.165, 1.54) is 29.5 Å². The van der Waals surface area contributed by atoms with Gasteiger partial charge in [-0.05, 0) is 64.8 Å². The van der Waals surface area contributed by atoms with Gasteiger partial charge in [-0.2, -0.15) is 0 Å². The van der Waals surface area contributed by atoms with Crippen LogP contribution in [0.4, 0.5) is 0 Å². The van der Waals surface area contributed by atoms with Gasteiger partial charge < -0.3 is 4.52 Å². The summed E-state index contributed by atoms with van der Waals surface area (Å²) in [6.07, 6.45) is 0. The van der Waals surface area contributed by atoms with Gasteiger partial charge in [0.05, 0.1) is 10.6 Å². The second kappa shape index (κ2) is 9.40. The quantitative estimate of drug-likeness (QED) is 0.166. The van der Waals surface area contributed by atoms with E-state index in [1.807, 2.05) is 79.7 Å². The van der Waals surface area contributed by atoms with Crippen LogP contribution >= 0.6 is 15.6 Å². The van der Waals surface area contributed by atoms with E-state index >= 15 is 0 Å². The van der Waals surface area contributed by atoms with Crippen LogP contribution in [0.1, 0.15) is 5.56 Å². The molecule has 0 saturated heterocycles. The van der Waals surface area contributed by atoms with Crippen molar-refractivity contribution in [3.63, 3.8) is 0 Å². The standard InChI is InChI=1S/C19H15O2P.C13H9P/c1-14-10-12-15(13-11-14)22(20)19-9-5-3-7-17(19)16-6-2-4-8-18(16)21-22;1-2-5-11-10(4-1)7-8-13-12(11)6-3-9-14-13/h2-13H,1H3;1-9H. The molecule has 2 nitrogen and oxygen atoms in total. The number of aryl methyl sites for hydroxylation is 1. The Morgan fingerprint density at radius 1 is 0.639 bits per heavy atom. The third kappa shape index (κ3) is 4.03. The number of benzene rings is 5. The lowest BCUT2D eigenvalue weighted by atomic mass is 10.0. The first kappa shape index (κ1) is 22.7. The molecule has 174 valence electrons. The molecule has 0 bridgehead atoms. The highest BCUT2D eigenvalue weighted by Gasteiger charge is 2.37. The SMILES string of the molecule is Cc1ccc(P2(=O)Oc3ccccc3-c3ccccc32)cc1.c1ccc2c(c1)ccc1pcccc12. The Bertz CT molecular complexity index is 1700. The fourth-order valence-corrected chi connectivity index (χ4v) is 7.76. The minimum absolute atomic E-state index is 0.685. The number of fused-ring (bicyclic) bond motifs is 6. The van der Waals surface area contributed by atoms with E-state index in [4.69, 9.17) is 4.52 Å². The highest BCUT2D eigenvalue weighted by atomic mass is 31.2. The maximum Gasteiger partial charge on any atom is 0.307 e. The molecular weight excluding hydrogens is 478 g/mol. The van der Waals surface area contributed by atoms with Crippen molar-refractivity contribution >= 4 is 47.4 Å². The van der Waals surface area contributed by atoms with E-state index in [0.29, 0.717) is 5.75 Å². The Morgan fingerprint density at radius 3 is 2.19 bits per heavy atom. The fourth-order valence-electron chi connectivity index (χ4n) is 4.68. The van der Waals surface area contributed by atoms with E-state index in [0.717, 1.165) is 27.3 Å². The molecule has 1 aliphatic rings. The molecule has 0 radical (unpaired) electrons. The van der Waals surface area contributed by atoms with Crippen molar-refractivity contribution in [2.45, 2.75) is 6.92 Å². The Morgan fingerprint density at radius 2 is 1.33 bits per heavy atom. The van der Waals surface area contributed by atoms with E-state index in [9.17, 15) is 4.57 Å². The predicted molar refractivity (Wildman–Crippen MR) is 155 cm³/mol. The van der Waals surface area contributed by atoms with Crippen LogP contribution in [-0.2, 0) is 4.57 Å². The Labute approximate surface area is 212 Å². The smallest absolute Gasteiger partial charge is 0.307 e. The van der Waals surface area contributed by atoms with Crippen LogP contribution in [0.3, 0.4) is 0 Å². The van der Waals surface area contributed by atoms with Gasteiger partial charge in [0.25, 0.3) is 0 Å². The molecule has 4 heteroatoms. The molecule has 6 aromatic rings. The zero-order valence-electron chi connectivity index (χ0n) is 19.8. The van der Waals surface area contributed by atoms with Crippen LogP contribution in [0.25, 0.3) is 32.4 Å². The summed E-state index contributed by atoms with van der Waals surface area (Å²) >= 11 is 0. The molecule has 5 aromatic carbocycles. The first-order valence-electron chi connectivity index (χ1n) is 11.9. The molecule has 2 heterocycles. The van der Waals surface area contributed by atoms with Crippen molar-refractivity contribution < 1.29 is 9.09 Å². The summed E-state index contributed by atoms with van der Waals surface area (Å²) in [7, 11) is -1.80. The van der Waals surface area contributed by atoms with Gasteiger partial charge in [0.1, 0.15) is 5.75 Å². The van der Waals surface area contributed by atoms with Crippen molar-refractivity contribution in [2.75, 3.05) is 0 Å². The molecule has 0 aliphatic carbocycles. The number of rotatable bonds is 1. The van der Waals surface area contributed by atoms with Crippen molar-refractivity contribution in [3.05, 3.63) is 133 Å². The van der Waals surface area contributed by atoms with E-state index < -0.39 is 7.37 Å². The van der Waals surface area contributed by atoms with Gasteiger partial charge >= 0.3 is 7.37 Å². The third-order valence-electron chi connectivity index (χ3n) is 6.51. The molecule has 1 aliphatic heterocycles. The maximum atomic E-state index is 13.7. The molecule has 1 aromatic heterocycles. The van der Waals surface area contributed by atoms with Gasteiger partial charge in [-0.25, -0.2) is 0 Å². The zero-order valence-corrected chi connectivity index (χ0v) is 21.6. The van der Waals surface area contributed by atoms with Gasteiger partial charge in [-0.1, -0.05) is 105 Å². The highest BCUT2D eigenvalue weighted by Crippen LogP contribution is 2.53. The lowest BCUT2D eigenvalue weighted by Gasteiger charge is -2.28. The minimum Gasteiger partial charge on any atom is -0.436 e. The van der Waals surface area contributed by atoms with Gasteiger partial charge in [0.15, 0.2) is 0 Å². The van der Waals surface area contributed by atoms with Crippen molar-refractivity contribution in [2.24, 2.45) is 0 Å². The summed E-state index contributed by atoms with van der Waals surface area (Å²) in [6.45, 7) is 2.02. The monoisotopic (exact) mass is 502 g/mol. The van der Waals surface area contributed by atoms with Gasteiger partial charge in [-0.15, -0.1) is 0 Å². The van der Waals surface area contributed by atoms with E-state index in [1.54, 1.807) is 0 Å². The lowest BCUT2D eigenvalue weighted by molar-refractivity contribution is 0.501. The summed E-state index contributed by atoms with van der Waals surface area (Å²) in [5.41, 5.74) is 3.13. The Hall–Kier alpha value is -3.70. The van der Waals surface area contributed by atoms with Crippen molar-refractivity contribution in [3.8, 4) is 16.9 Å². The molecule has 36 heavy (non-hydrogen) atoms. The van der Waals surface area contributed by atoms with Crippen LogP contribution in [0.5, 0.6) is 5.75 Å². The number of para-hydroxylation sites is 1. The summed E-state index contributed by atoms with van der Waals surface area (Å²) in [5, 5.41) is 6.99. The van der Waals surface area contributed by atoms with E-state index in [2.05, 4.69) is 54.3 Å². The average molecular weight is 502 g/mol. The second-order valence-corrected chi connectivity index (χ2v) is 12.2. The maximum absolute atomic E-state index is 13.7. The Kier molecular flexibility index (Phi) is 5.94. The molecule has 0 amide bonds. The zero-order chi connectivity index (χ0) is 24.5. The lowest BCUT2D eigenvalue weighted by Crippen LogP contribution is -2.25. The van der Waals surface area contributed by atoms with Gasteiger partial charge in [0, 0.05) is 10.7 Å². The minimum atomic E-state index is -3.11. The molecule has 1 unspecified atom stereocenters. The van der Waals surface area contributed by atoms with Crippen molar-refractivity contribution in [1.29, 1.82) is 0 Å². The summed E-state index contributed by atoms with van der Waals surface area (Å²) in [5.74, 6) is 2.86. The van der Waals surface area contributed by atoms with Gasteiger partial charge in [0.2, 0.25) is 0 Å². The topological polar surface area (TPSA) is 26.3 Å². The van der Waals surface area contributed by atoms with Crippen LogP contribution in [0, 0.1) is 6.92 Å². The first-order valence-corrected chi connectivity index (χ1v) is 14.5. The second-order valence-electron chi connectivity index (χ2n) is 8.85. The van der Waals surface area contributed by atoms with Crippen LogP contribution in [-0.4, -0.2) is 0 Å². The van der Waals surface area contributed by atoms with Gasteiger partial charge in [-0.3, -0.25) is 4.57 Å². The molecule has 0 fully saturated rings.